The van der Waals surface area contributed by atoms with Crippen molar-refractivity contribution in [2.24, 2.45) is 0 Å². The van der Waals surface area contributed by atoms with E-state index >= 15 is 0 Å². The normalized spacial score (nSPS) is 10.6. The monoisotopic (exact) mass is 403 g/mol. The van der Waals surface area contributed by atoms with Gasteiger partial charge in [-0.3, -0.25) is 0 Å². The highest BCUT2D eigenvalue weighted by Gasteiger charge is 2.13. The van der Waals surface area contributed by atoms with Gasteiger partial charge in [-0.05, 0) is 35.0 Å². The molecule has 0 aliphatic heterocycles. The minimum absolute atomic E-state index is 0.404. The summed E-state index contributed by atoms with van der Waals surface area (Å²) in [5.74, 6) is 1.10. The molecule has 6 nitrogen and oxygen atoms in total. The lowest BCUT2D eigenvalue weighted by Gasteiger charge is -2.15. The molecule has 1 N–H and O–H groups in total. The van der Waals surface area contributed by atoms with Crippen molar-refractivity contribution in [1.82, 2.24) is 20.2 Å². The molecule has 0 spiro atoms. The Morgan fingerprint density at radius 3 is 2.74 bits per heavy atom. The third-order valence-electron chi connectivity index (χ3n) is 3.86. The lowest BCUT2D eigenvalue weighted by molar-refractivity contribution is 0.303. The second kappa shape index (κ2) is 8.88. The summed E-state index contributed by atoms with van der Waals surface area (Å²) >= 11 is 12.5. The van der Waals surface area contributed by atoms with Crippen molar-refractivity contribution in [3.05, 3.63) is 75.8 Å². The number of hydrogen-bond acceptors (Lipinski definition) is 5. The molecule has 0 aliphatic carbocycles. The fourth-order valence-corrected chi connectivity index (χ4v) is 3.09. The first kappa shape index (κ1) is 19.2. The van der Waals surface area contributed by atoms with Crippen LogP contribution in [0.1, 0.15) is 16.7 Å². The lowest BCUT2D eigenvalue weighted by atomic mass is 10.1. The molecule has 0 saturated carbocycles. The second-order valence-electron chi connectivity index (χ2n) is 5.98. The molecule has 0 unspecified atom stereocenters. The predicted octanol–water partition coefficient (Wildman–Crippen LogP) is 4.67. The molecular weight excluding hydrogens is 385 g/mol. The van der Waals surface area contributed by atoms with Crippen LogP contribution in [0.5, 0.6) is 5.75 Å². The van der Waals surface area contributed by atoms with E-state index in [1.807, 2.05) is 37.3 Å². The van der Waals surface area contributed by atoms with E-state index in [4.69, 9.17) is 27.9 Å². The van der Waals surface area contributed by atoms with Crippen LogP contribution in [0, 0.1) is 6.92 Å². The number of aromatic nitrogens is 4. The number of nitrogens with one attached hydrogen (secondary N) is 1. The number of aryl methyl sites for hydroxylation is 1. The molecule has 0 fully saturated rings. The maximum absolute atomic E-state index is 6.37. The maximum atomic E-state index is 6.37. The molecule has 8 heteroatoms. The fraction of sp³-hybridized carbons (Fsp3) is 0.211. The van der Waals surface area contributed by atoms with Gasteiger partial charge >= 0.3 is 0 Å². The largest absolute Gasteiger partial charge is 0.487 e. The standard InChI is InChI=1S/C19H19Cl2N5O/c1-3-8-26-19(23-24-25-26)22-11-15-9-16(20)10-17(21)18(15)27-12-14-6-4-13(2)5-7-14/h3-7,9-10H,1,8,11-12H2,2H3,(H,22,23,25). The van der Waals surface area contributed by atoms with Crippen LogP contribution in [0.15, 0.2) is 49.1 Å². The molecule has 0 amide bonds. The summed E-state index contributed by atoms with van der Waals surface area (Å²) in [6.45, 7) is 7.05. The summed E-state index contributed by atoms with van der Waals surface area (Å²) in [4.78, 5) is 0. The summed E-state index contributed by atoms with van der Waals surface area (Å²) in [5, 5.41) is 15.7. The molecular formula is C19H19Cl2N5O. The molecule has 1 aromatic heterocycles. The number of tetrazole rings is 1. The lowest BCUT2D eigenvalue weighted by Crippen LogP contribution is -2.09. The van der Waals surface area contributed by atoms with Crippen LogP contribution in [0.3, 0.4) is 0 Å². The van der Waals surface area contributed by atoms with Gasteiger partial charge in [0.15, 0.2) is 0 Å². The summed E-state index contributed by atoms with van der Waals surface area (Å²) < 4.78 is 7.59. The Hall–Kier alpha value is -2.57. The molecule has 27 heavy (non-hydrogen) atoms. The van der Waals surface area contributed by atoms with Crippen molar-refractivity contribution < 1.29 is 4.74 Å². The van der Waals surface area contributed by atoms with E-state index in [-0.39, 0.29) is 0 Å². The molecule has 3 aromatic rings. The Bertz CT molecular complexity index is 924. The maximum Gasteiger partial charge on any atom is 0.243 e. The Kier molecular flexibility index (Phi) is 6.32. The van der Waals surface area contributed by atoms with Gasteiger partial charge in [-0.15, -0.1) is 6.58 Å². The van der Waals surface area contributed by atoms with Crippen molar-refractivity contribution in [1.29, 1.82) is 0 Å². The number of benzene rings is 2. The first-order chi connectivity index (χ1) is 13.1. The molecule has 0 atom stereocenters. The highest BCUT2D eigenvalue weighted by Crippen LogP contribution is 2.33. The van der Waals surface area contributed by atoms with Gasteiger partial charge in [-0.25, -0.2) is 4.68 Å². The van der Waals surface area contributed by atoms with Crippen LogP contribution >= 0.6 is 23.2 Å². The van der Waals surface area contributed by atoms with Crippen molar-refractivity contribution in [3.63, 3.8) is 0 Å². The molecule has 0 aliphatic rings. The van der Waals surface area contributed by atoms with Gasteiger partial charge in [-0.2, -0.15) is 0 Å². The van der Waals surface area contributed by atoms with Gasteiger partial charge in [0.25, 0.3) is 0 Å². The molecule has 3 rings (SSSR count). The molecule has 0 saturated heterocycles. The minimum atomic E-state index is 0.404. The van der Waals surface area contributed by atoms with E-state index in [1.54, 1.807) is 16.8 Å². The molecule has 140 valence electrons. The first-order valence-electron chi connectivity index (χ1n) is 8.34. The van der Waals surface area contributed by atoms with Gasteiger partial charge in [-0.1, -0.05) is 64.2 Å². The summed E-state index contributed by atoms with van der Waals surface area (Å²) in [6.07, 6.45) is 1.72. The van der Waals surface area contributed by atoms with E-state index < -0.39 is 0 Å². The van der Waals surface area contributed by atoms with Crippen LogP contribution in [0.2, 0.25) is 10.0 Å². The van der Waals surface area contributed by atoms with Gasteiger partial charge in [0.05, 0.1) is 11.6 Å². The highest BCUT2D eigenvalue weighted by molar-refractivity contribution is 6.35. The Balaban J connectivity index is 1.76. The van der Waals surface area contributed by atoms with Crippen LogP contribution in [-0.4, -0.2) is 20.2 Å². The van der Waals surface area contributed by atoms with Crippen molar-refractivity contribution in [2.45, 2.75) is 26.6 Å². The zero-order chi connectivity index (χ0) is 19.2. The first-order valence-corrected chi connectivity index (χ1v) is 9.09. The Labute approximate surface area is 167 Å². The van der Waals surface area contributed by atoms with E-state index in [0.29, 0.717) is 41.4 Å². The predicted molar refractivity (Wildman–Crippen MR) is 107 cm³/mol. The van der Waals surface area contributed by atoms with Crippen LogP contribution < -0.4 is 10.1 Å². The SMILES string of the molecule is C=CCn1nnnc1NCc1cc(Cl)cc(Cl)c1OCc1ccc(C)cc1. The van der Waals surface area contributed by atoms with E-state index in [2.05, 4.69) is 27.4 Å². The van der Waals surface area contributed by atoms with Crippen LogP contribution in [-0.2, 0) is 19.7 Å². The zero-order valence-corrected chi connectivity index (χ0v) is 16.3. The highest BCUT2D eigenvalue weighted by atomic mass is 35.5. The third kappa shape index (κ3) is 4.99. The molecule has 0 radical (unpaired) electrons. The Morgan fingerprint density at radius 2 is 2.00 bits per heavy atom. The number of anilines is 1. The van der Waals surface area contributed by atoms with Gasteiger partial charge in [0.1, 0.15) is 12.4 Å². The van der Waals surface area contributed by atoms with E-state index in [9.17, 15) is 0 Å². The van der Waals surface area contributed by atoms with Crippen molar-refractivity contribution in [2.75, 3.05) is 5.32 Å². The number of hydrogen-bond donors (Lipinski definition) is 1. The average molecular weight is 404 g/mol. The van der Waals surface area contributed by atoms with Gasteiger partial charge < -0.3 is 10.1 Å². The zero-order valence-electron chi connectivity index (χ0n) is 14.8. The minimum Gasteiger partial charge on any atom is -0.487 e. The number of nitrogens with zero attached hydrogens (tertiary/aromatic N) is 4. The smallest absolute Gasteiger partial charge is 0.243 e. The number of ether oxygens (including phenoxy) is 1. The molecule has 1 heterocycles. The van der Waals surface area contributed by atoms with Crippen molar-refractivity contribution in [3.8, 4) is 5.75 Å². The average Bonchev–Trinajstić information content (AvgIpc) is 3.08. The van der Waals surface area contributed by atoms with E-state index in [1.165, 1.54) is 5.56 Å². The summed E-state index contributed by atoms with van der Waals surface area (Å²) in [5.41, 5.74) is 3.07. The molecule has 0 bridgehead atoms. The van der Waals surface area contributed by atoms with Crippen LogP contribution in [0.25, 0.3) is 0 Å². The summed E-state index contributed by atoms with van der Waals surface area (Å²) in [7, 11) is 0. The van der Waals surface area contributed by atoms with Crippen molar-refractivity contribution >= 4 is 29.2 Å². The topological polar surface area (TPSA) is 64.9 Å². The number of rotatable bonds is 8. The quantitative estimate of drug-likeness (QED) is 0.553. The fourth-order valence-electron chi connectivity index (χ4n) is 2.50. The third-order valence-corrected chi connectivity index (χ3v) is 4.36. The molecule has 2 aromatic carbocycles. The Morgan fingerprint density at radius 1 is 1.22 bits per heavy atom. The number of halogens is 2. The van der Waals surface area contributed by atoms with Gasteiger partial charge in [0.2, 0.25) is 5.95 Å². The second-order valence-corrected chi connectivity index (χ2v) is 6.82. The number of allylic oxidation sites excluding steroid dienone is 1. The van der Waals surface area contributed by atoms with E-state index in [0.717, 1.165) is 11.1 Å². The van der Waals surface area contributed by atoms with Crippen LogP contribution in [0.4, 0.5) is 5.95 Å². The van der Waals surface area contributed by atoms with Gasteiger partial charge in [0, 0.05) is 17.1 Å². The summed E-state index contributed by atoms with van der Waals surface area (Å²) in [6, 6.07) is 11.6.